The van der Waals surface area contributed by atoms with Crippen LogP contribution in [0.15, 0.2) is 6.07 Å². The Hall–Kier alpha value is -1.76. The van der Waals surface area contributed by atoms with Gasteiger partial charge in [-0.2, -0.15) is 0 Å². The quantitative estimate of drug-likeness (QED) is 0.814. The molecule has 0 amide bonds. The number of pyridine rings is 1. The molecule has 0 aromatic carbocycles. The first-order valence-electron chi connectivity index (χ1n) is 4.30. The molecule has 1 rings (SSSR count). The third-order valence-corrected chi connectivity index (χ3v) is 1.91. The molecule has 0 aliphatic carbocycles. The molecule has 0 spiro atoms. The van der Waals surface area contributed by atoms with E-state index in [1.165, 1.54) is 0 Å². The zero-order valence-corrected chi connectivity index (χ0v) is 8.41. The molecule has 1 aromatic heterocycles. The molecule has 0 fully saturated rings. The molecule has 0 atom stereocenters. The zero-order valence-electron chi connectivity index (χ0n) is 8.41. The SMILES string of the molecule is COc1c(C(F)F)cc(CN)nc1C(=O)O. The second kappa shape index (κ2) is 4.84. The molecule has 0 aliphatic heterocycles. The van der Waals surface area contributed by atoms with E-state index in [1.54, 1.807) is 0 Å². The largest absolute Gasteiger partial charge is 0.494 e. The zero-order chi connectivity index (χ0) is 12.3. The number of hydrogen-bond acceptors (Lipinski definition) is 4. The number of hydrogen-bond donors (Lipinski definition) is 2. The Bertz CT molecular complexity index is 410. The molecule has 88 valence electrons. The number of ether oxygens (including phenoxy) is 1. The van der Waals surface area contributed by atoms with Gasteiger partial charge in [-0.1, -0.05) is 0 Å². The predicted molar refractivity (Wildman–Crippen MR) is 50.6 cm³/mol. The van der Waals surface area contributed by atoms with Crippen molar-refractivity contribution in [2.75, 3.05) is 7.11 Å². The molecule has 5 nitrogen and oxygen atoms in total. The van der Waals surface area contributed by atoms with Crippen LogP contribution >= 0.6 is 0 Å². The maximum absolute atomic E-state index is 12.6. The fourth-order valence-electron chi connectivity index (χ4n) is 1.23. The summed E-state index contributed by atoms with van der Waals surface area (Å²) in [5.41, 5.74) is 4.24. The highest BCUT2D eigenvalue weighted by Crippen LogP contribution is 2.31. The van der Waals surface area contributed by atoms with Crippen molar-refractivity contribution >= 4 is 5.97 Å². The summed E-state index contributed by atoms with van der Waals surface area (Å²) in [5, 5.41) is 8.79. The van der Waals surface area contributed by atoms with Crippen molar-refractivity contribution in [2.45, 2.75) is 13.0 Å². The minimum atomic E-state index is -2.85. The summed E-state index contributed by atoms with van der Waals surface area (Å²) >= 11 is 0. The number of carboxylic acid groups (broad SMARTS) is 1. The van der Waals surface area contributed by atoms with Gasteiger partial charge < -0.3 is 15.6 Å². The number of carboxylic acids is 1. The monoisotopic (exact) mass is 232 g/mol. The molecule has 7 heteroatoms. The van der Waals surface area contributed by atoms with E-state index in [-0.39, 0.29) is 12.2 Å². The molecular weight excluding hydrogens is 222 g/mol. The predicted octanol–water partition coefficient (Wildman–Crippen LogP) is 1.18. The Morgan fingerprint density at radius 2 is 2.31 bits per heavy atom. The van der Waals surface area contributed by atoms with Gasteiger partial charge in [0, 0.05) is 6.54 Å². The molecule has 1 heterocycles. The molecule has 0 saturated heterocycles. The standard InChI is InChI=1S/C9H10F2N2O3/c1-16-7-5(8(10)11)2-4(3-12)13-6(7)9(14)15/h2,8H,3,12H2,1H3,(H,14,15). The summed E-state index contributed by atoms with van der Waals surface area (Å²) in [6.45, 7) is -0.121. The van der Waals surface area contributed by atoms with Gasteiger partial charge >= 0.3 is 5.97 Å². The molecule has 0 aliphatic rings. The van der Waals surface area contributed by atoms with Crippen LogP contribution in [0.3, 0.4) is 0 Å². The molecule has 0 bridgehead atoms. The van der Waals surface area contributed by atoms with Gasteiger partial charge in [0.05, 0.1) is 18.4 Å². The number of methoxy groups -OCH3 is 1. The second-order valence-electron chi connectivity index (χ2n) is 2.89. The topological polar surface area (TPSA) is 85.4 Å². The lowest BCUT2D eigenvalue weighted by atomic mass is 10.1. The Kier molecular flexibility index (Phi) is 3.73. The highest BCUT2D eigenvalue weighted by atomic mass is 19.3. The van der Waals surface area contributed by atoms with Crippen LogP contribution in [-0.2, 0) is 6.54 Å². The van der Waals surface area contributed by atoms with Crippen molar-refractivity contribution in [1.82, 2.24) is 4.98 Å². The number of nitrogens with zero attached hydrogens (tertiary/aromatic N) is 1. The number of aromatic nitrogens is 1. The number of nitrogens with two attached hydrogens (primary N) is 1. The Morgan fingerprint density at radius 3 is 2.69 bits per heavy atom. The molecular formula is C9H10F2N2O3. The van der Waals surface area contributed by atoms with E-state index in [0.717, 1.165) is 13.2 Å². The van der Waals surface area contributed by atoms with E-state index < -0.39 is 29.4 Å². The Balaban J connectivity index is 3.46. The van der Waals surface area contributed by atoms with E-state index in [1.807, 2.05) is 0 Å². The van der Waals surface area contributed by atoms with Crippen LogP contribution in [0.2, 0.25) is 0 Å². The highest BCUT2D eigenvalue weighted by molar-refractivity contribution is 5.89. The van der Waals surface area contributed by atoms with Crippen LogP contribution < -0.4 is 10.5 Å². The summed E-state index contributed by atoms with van der Waals surface area (Å²) in [7, 11) is 1.11. The van der Waals surface area contributed by atoms with Gasteiger partial charge in [0.15, 0.2) is 11.4 Å². The van der Waals surface area contributed by atoms with Crippen molar-refractivity contribution in [2.24, 2.45) is 5.73 Å². The van der Waals surface area contributed by atoms with Crippen molar-refractivity contribution in [3.05, 3.63) is 23.0 Å². The maximum Gasteiger partial charge on any atom is 0.358 e. The average molecular weight is 232 g/mol. The lowest BCUT2D eigenvalue weighted by molar-refractivity contribution is 0.0685. The van der Waals surface area contributed by atoms with Gasteiger partial charge in [-0.15, -0.1) is 0 Å². The van der Waals surface area contributed by atoms with Crippen molar-refractivity contribution in [3.8, 4) is 5.75 Å². The molecule has 0 saturated carbocycles. The van der Waals surface area contributed by atoms with Crippen LogP contribution in [0, 0.1) is 0 Å². The molecule has 0 radical (unpaired) electrons. The lowest BCUT2D eigenvalue weighted by Crippen LogP contribution is -2.11. The first kappa shape index (κ1) is 12.3. The van der Waals surface area contributed by atoms with Gasteiger partial charge in [0.2, 0.25) is 0 Å². The van der Waals surface area contributed by atoms with Crippen LogP contribution in [0.5, 0.6) is 5.75 Å². The summed E-state index contributed by atoms with van der Waals surface area (Å²) in [5.74, 6) is -1.87. The summed E-state index contributed by atoms with van der Waals surface area (Å²) in [6.07, 6.45) is -2.85. The van der Waals surface area contributed by atoms with Crippen LogP contribution in [0.4, 0.5) is 8.78 Å². The third-order valence-electron chi connectivity index (χ3n) is 1.91. The first-order chi connectivity index (χ1) is 7.51. The molecule has 1 aromatic rings. The van der Waals surface area contributed by atoms with Crippen molar-refractivity contribution < 1.29 is 23.4 Å². The molecule has 3 N–H and O–H groups in total. The van der Waals surface area contributed by atoms with E-state index in [9.17, 15) is 13.6 Å². The van der Waals surface area contributed by atoms with Crippen molar-refractivity contribution in [3.63, 3.8) is 0 Å². The first-order valence-corrected chi connectivity index (χ1v) is 4.30. The van der Waals surface area contributed by atoms with Crippen LogP contribution in [-0.4, -0.2) is 23.2 Å². The van der Waals surface area contributed by atoms with Gasteiger partial charge in [0.1, 0.15) is 0 Å². The number of carbonyl (C=O) groups is 1. The van der Waals surface area contributed by atoms with E-state index in [2.05, 4.69) is 9.72 Å². The van der Waals surface area contributed by atoms with Gasteiger partial charge in [0.25, 0.3) is 6.43 Å². The maximum atomic E-state index is 12.6. The number of halogens is 2. The van der Waals surface area contributed by atoms with Crippen LogP contribution in [0.25, 0.3) is 0 Å². The summed E-state index contributed by atoms with van der Waals surface area (Å²) in [6, 6.07) is 1.04. The number of aromatic carboxylic acids is 1. The Labute approximate surface area is 89.9 Å². The summed E-state index contributed by atoms with van der Waals surface area (Å²) < 4.78 is 29.9. The third kappa shape index (κ3) is 2.25. The lowest BCUT2D eigenvalue weighted by Gasteiger charge is -2.11. The minimum absolute atomic E-state index is 0.0773. The second-order valence-corrected chi connectivity index (χ2v) is 2.89. The van der Waals surface area contributed by atoms with E-state index in [0.29, 0.717) is 0 Å². The van der Waals surface area contributed by atoms with Gasteiger partial charge in [-0.25, -0.2) is 18.6 Å². The van der Waals surface area contributed by atoms with Gasteiger partial charge in [-0.3, -0.25) is 0 Å². The number of alkyl halides is 2. The van der Waals surface area contributed by atoms with E-state index in [4.69, 9.17) is 10.8 Å². The fourth-order valence-corrected chi connectivity index (χ4v) is 1.23. The molecule has 0 unspecified atom stereocenters. The minimum Gasteiger partial charge on any atom is -0.494 e. The molecule has 16 heavy (non-hydrogen) atoms. The highest BCUT2D eigenvalue weighted by Gasteiger charge is 2.23. The summed E-state index contributed by atoms with van der Waals surface area (Å²) in [4.78, 5) is 14.4. The average Bonchev–Trinajstić information content (AvgIpc) is 2.26. The number of rotatable bonds is 4. The van der Waals surface area contributed by atoms with Gasteiger partial charge in [-0.05, 0) is 6.07 Å². The van der Waals surface area contributed by atoms with Crippen LogP contribution in [0.1, 0.15) is 28.2 Å². The normalized spacial score (nSPS) is 10.6. The Morgan fingerprint density at radius 1 is 1.69 bits per heavy atom. The van der Waals surface area contributed by atoms with Crippen molar-refractivity contribution in [1.29, 1.82) is 0 Å². The van der Waals surface area contributed by atoms with E-state index >= 15 is 0 Å². The smallest absolute Gasteiger partial charge is 0.358 e. The fraction of sp³-hybridized carbons (Fsp3) is 0.333.